The Morgan fingerprint density at radius 3 is 2.57 bits per heavy atom. The zero-order valence-corrected chi connectivity index (χ0v) is 12.5. The highest BCUT2D eigenvalue weighted by Crippen LogP contribution is 2.34. The van der Waals surface area contributed by atoms with Gasteiger partial charge in [0.15, 0.2) is 0 Å². The maximum atomic E-state index is 10.0. The number of phenols is 1. The number of aryl methyl sites for hydroxylation is 1. The molecular weight excluding hydrogens is 288 g/mol. The first kappa shape index (κ1) is 13.5. The molecule has 2 N–H and O–H groups in total. The number of hydrogen-bond donors (Lipinski definition) is 2. The van der Waals surface area contributed by atoms with E-state index in [4.69, 9.17) is 0 Å². The van der Waals surface area contributed by atoms with E-state index in [1.807, 2.05) is 37.3 Å². The molecule has 1 aromatic carbocycles. The Labute approximate surface area is 132 Å². The van der Waals surface area contributed by atoms with E-state index < -0.39 is 0 Å². The fraction of sp³-hybridized carbons (Fsp3) is 0.0556. The normalized spacial score (nSPS) is 11.0. The minimum Gasteiger partial charge on any atom is -0.508 e. The summed E-state index contributed by atoms with van der Waals surface area (Å²) >= 11 is 0. The first-order chi connectivity index (χ1) is 11.2. The average Bonchev–Trinajstić information content (AvgIpc) is 3.10. The minimum atomic E-state index is 0.243. The average molecular weight is 302 g/mol. The van der Waals surface area contributed by atoms with E-state index >= 15 is 0 Å². The first-order valence-corrected chi connectivity index (χ1v) is 7.27. The predicted octanol–water partition coefficient (Wildman–Crippen LogP) is 3.70. The third-order valence-corrected chi connectivity index (χ3v) is 3.89. The van der Waals surface area contributed by atoms with Gasteiger partial charge in [-0.15, -0.1) is 0 Å². The molecule has 0 atom stereocenters. The van der Waals surface area contributed by atoms with Crippen molar-refractivity contribution in [2.45, 2.75) is 6.92 Å². The number of phenolic OH excluding ortho intramolecular Hbond substituents is 1. The van der Waals surface area contributed by atoms with Crippen LogP contribution < -0.4 is 0 Å². The third kappa shape index (κ3) is 2.32. The zero-order chi connectivity index (χ0) is 15.8. The molecule has 0 unspecified atom stereocenters. The number of pyridine rings is 2. The van der Waals surface area contributed by atoms with Crippen molar-refractivity contribution < 1.29 is 5.11 Å². The first-order valence-electron chi connectivity index (χ1n) is 7.27. The highest BCUT2D eigenvalue weighted by Gasteiger charge is 2.12. The van der Waals surface area contributed by atoms with Crippen LogP contribution in [0.15, 0.2) is 55.0 Å². The highest BCUT2D eigenvalue weighted by atomic mass is 16.3. The number of nitrogens with one attached hydrogen (secondary N) is 1. The van der Waals surface area contributed by atoms with Gasteiger partial charge in [0.2, 0.25) is 0 Å². The Morgan fingerprint density at radius 2 is 1.83 bits per heavy atom. The molecule has 0 radical (unpaired) electrons. The van der Waals surface area contributed by atoms with Gasteiger partial charge in [-0.3, -0.25) is 10.1 Å². The number of rotatable bonds is 2. The van der Waals surface area contributed by atoms with E-state index in [0.29, 0.717) is 0 Å². The predicted molar refractivity (Wildman–Crippen MR) is 89.0 cm³/mol. The number of aromatic nitrogens is 4. The Hall–Kier alpha value is -3.21. The second kappa shape index (κ2) is 5.21. The summed E-state index contributed by atoms with van der Waals surface area (Å²) in [5, 5.41) is 17.9. The largest absolute Gasteiger partial charge is 0.508 e. The molecule has 0 bridgehead atoms. The van der Waals surface area contributed by atoms with Gasteiger partial charge < -0.3 is 5.11 Å². The molecule has 5 heteroatoms. The number of H-pyrrole nitrogens is 1. The molecule has 0 aliphatic heterocycles. The molecule has 0 amide bonds. The minimum absolute atomic E-state index is 0.243. The Kier molecular flexibility index (Phi) is 3.05. The van der Waals surface area contributed by atoms with Crippen molar-refractivity contribution in [1.82, 2.24) is 20.2 Å². The molecule has 4 rings (SSSR count). The molecule has 0 fully saturated rings. The van der Waals surface area contributed by atoms with Crippen LogP contribution in [0, 0.1) is 6.92 Å². The third-order valence-electron chi connectivity index (χ3n) is 3.89. The summed E-state index contributed by atoms with van der Waals surface area (Å²) in [6.45, 7) is 1.88. The lowest BCUT2D eigenvalue weighted by Crippen LogP contribution is -1.91. The fourth-order valence-electron chi connectivity index (χ4n) is 2.68. The van der Waals surface area contributed by atoms with E-state index in [1.165, 1.54) is 0 Å². The Balaban J connectivity index is 2.07. The van der Waals surface area contributed by atoms with Gasteiger partial charge in [0.1, 0.15) is 5.75 Å². The van der Waals surface area contributed by atoms with Gasteiger partial charge in [0, 0.05) is 30.0 Å². The van der Waals surface area contributed by atoms with Crippen LogP contribution in [0.2, 0.25) is 0 Å². The maximum Gasteiger partial charge on any atom is 0.120 e. The fourth-order valence-corrected chi connectivity index (χ4v) is 2.68. The van der Waals surface area contributed by atoms with Gasteiger partial charge in [0.05, 0.1) is 16.9 Å². The molecule has 3 heterocycles. The SMILES string of the molecule is Cc1cc2c(-c3ccncc3)cc(-c3ccn[nH]3)nc2cc1O. The molecule has 3 aromatic heterocycles. The second-order valence-electron chi connectivity index (χ2n) is 5.42. The van der Waals surface area contributed by atoms with E-state index in [2.05, 4.69) is 20.2 Å². The number of aromatic amines is 1. The van der Waals surface area contributed by atoms with Crippen molar-refractivity contribution >= 4 is 10.9 Å². The highest BCUT2D eigenvalue weighted by molar-refractivity contribution is 5.97. The molecule has 5 nitrogen and oxygen atoms in total. The van der Waals surface area contributed by atoms with E-state index in [0.717, 1.165) is 39.0 Å². The van der Waals surface area contributed by atoms with Crippen molar-refractivity contribution in [3.63, 3.8) is 0 Å². The maximum absolute atomic E-state index is 10.0. The smallest absolute Gasteiger partial charge is 0.120 e. The second-order valence-corrected chi connectivity index (χ2v) is 5.42. The van der Waals surface area contributed by atoms with Gasteiger partial charge >= 0.3 is 0 Å². The van der Waals surface area contributed by atoms with E-state index in [9.17, 15) is 5.11 Å². The molecule has 23 heavy (non-hydrogen) atoms. The summed E-state index contributed by atoms with van der Waals surface area (Å²) in [6.07, 6.45) is 5.23. The van der Waals surface area contributed by atoms with Crippen LogP contribution >= 0.6 is 0 Å². The van der Waals surface area contributed by atoms with Crippen molar-refractivity contribution in [3.05, 3.63) is 60.6 Å². The summed E-state index contributed by atoms with van der Waals surface area (Å²) in [4.78, 5) is 8.74. The Bertz CT molecular complexity index is 979. The topological polar surface area (TPSA) is 74.7 Å². The van der Waals surface area contributed by atoms with Crippen LogP contribution in [-0.2, 0) is 0 Å². The van der Waals surface area contributed by atoms with Crippen LogP contribution in [-0.4, -0.2) is 25.3 Å². The van der Waals surface area contributed by atoms with Crippen LogP contribution in [0.3, 0.4) is 0 Å². The van der Waals surface area contributed by atoms with Gasteiger partial charge in [-0.1, -0.05) is 0 Å². The quantitative estimate of drug-likeness (QED) is 0.592. The molecule has 112 valence electrons. The van der Waals surface area contributed by atoms with E-state index in [-0.39, 0.29) is 5.75 Å². The molecule has 0 spiro atoms. The van der Waals surface area contributed by atoms with E-state index in [1.54, 1.807) is 24.7 Å². The zero-order valence-electron chi connectivity index (χ0n) is 12.5. The molecular formula is C18H14N4O. The molecule has 0 saturated heterocycles. The van der Waals surface area contributed by atoms with Crippen molar-refractivity contribution in [2.75, 3.05) is 0 Å². The van der Waals surface area contributed by atoms with Gasteiger partial charge in [0.25, 0.3) is 0 Å². The monoisotopic (exact) mass is 302 g/mol. The lowest BCUT2D eigenvalue weighted by atomic mass is 9.98. The number of fused-ring (bicyclic) bond motifs is 1. The van der Waals surface area contributed by atoms with Gasteiger partial charge in [-0.05, 0) is 53.9 Å². The summed E-state index contributed by atoms with van der Waals surface area (Å²) in [6, 6.07) is 11.5. The lowest BCUT2D eigenvalue weighted by Gasteiger charge is -2.11. The lowest BCUT2D eigenvalue weighted by molar-refractivity contribution is 0.472. The van der Waals surface area contributed by atoms with Crippen molar-refractivity contribution in [2.24, 2.45) is 0 Å². The molecule has 4 aromatic rings. The number of nitrogens with zero attached hydrogens (tertiary/aromatic N) is 3. The van der Waals surface area contributed by atoms with Crippen LogP contribution in [0.25, 0.3) is 33.4 Å². The molecule has 0 aliphatic carbocycles. The Morgan fingerprint density at radius 1 is 1.00 bits per heavy atom. The molecule has 0 aliphatic rings. The van der Waals surface area contributed by atoms with Gasteiger partial charge in [-0.2, -0.15) is 5.10 Å². The van der Waals surface area contributed by atoms with Crippen molar-refractivity contribution in [3.8, 4) is 28.3 Å². The summed E-state index contributed by atoms with van der Waals surface area (Å²) < 4.78 is 0. The van der Waals surface area contributed by atoms with Crippen LogP contribution in [0.4, 0.5) is 0 Å². The van der Waals surface area contributed by atoms with Crippen LogP contribution in [0.5, 0.6) is 5.75 Å². The number of benzene rings is 1. The summed E-state index contributed by atoms with van der Waals surface area (Å²) in [7, 11) is 0. The standard InChI is InChI=1S/C18H14N4O/c1-11-8-14-13(12-2-5-19-6-3-12)9-17(15-4-7-20-22-15)21-16(14)10-18(11)23/h2-10,23H,1H3,(H,20,22). The van der Waals surface area contributed by atoms with Crippen LogP contribution in [0.1, 0.15) is 5.56 Å². The number of hydrogen-bond acceptors (Lipinski definition) is 4. The van der Waals surface area contributed by atoms with Crippen molar-refractivity contribution in [1.29, 1.82) is 0 Å². The molecule has 0 saturated carbocycles. The van der Waals surface area contributed by atoms with Gasteiger partial charge in [-0.25, -0.2) is 4.98 Å². The summed E-state index contributed by atoms with van der Waals surface area (Å²) in [5.41, 5.74) is 5.28. The summed E-state index contributed by atoms with van der Waals surface area (Å²) in [5.74, 6) is 0.243. The number of aromatic hydroxyl groups is 1.